The van der Waals surface area contributed by atoms with Gasteiger partial charge in [-0.1, -0.05) is 24.3 Å². The van der Waals surface area contributed by atoms with Crippen LogP contribution in [0, 0.1) is 0 Å². The van der Waals surface area contributed by atoms with E-state index in [0.29, 0.717) is 5.56 Å². The summed E-state index contributed by atoms with van der Waals surface area (Å²) in [5.41, 5.74) is 3.59. The number of rotatable bonds is 3. The summed E-state index contributed by atoms with van der Waals surface area (Å²) in [6.45, 7) is 1.57. The Morgan fingerprint density at radius 1 is 1.20 bits per heavy atom. The molecule has 3 aromatic rings. The van der Waals surface area contributed by atoms with Crippen LogP contribution in [-0.4, -0.2) is 26.4 Å². The minimum atomic E-state index is 0.0727. The van der Waals surface area contributed by atoms with Crippen molar-refractivity contribution in [3.8, 4) is 11.3 Å². The highest BCUT2D eigenvalue weighted by molar-refractivity contribution is 7.98. The average Bonchev–Trinajstić information content (AvgIpc) is 2.91. The van der Waals surface area contributed by atoms with Gasteiger partial charge < -0.3 is 0 Å². The largest absolute Gasteiger partial charge is 0.296 e. The molecule has 0 aliphatic rings. The zero-order valence-corrected chi connectivity index (χ0v) is 12.0. The quantitative estimate of drug-likeness (QED) is 0.546. The van der Waals surface area contributed by atoms with Crippen LogP contribution in [0.2, 0.25) is 0 Å². The van der Waals surface area contributed by atoms with Crippen LogP contribution in [0.4, 0.5) is 0 Å². The first-order valence-electron chi connectivity index (χ1n) is 6.18. The van der Waals surface area contributed by atoms with Gasteiger partial charge in [0.25, 0.3) is 0 Å². The molecule has 0 spiro atoms. The lowest BCUT2D eigenvalue weighted by molar-refractivity contribution is 0.101. The number of imidazole rings is 1. The zero-order valence-electron chi connectivity index (χ0n) is 11.2. The van der Waals surface area contributed by atoms with Gasteiger partial charge in [0.05, 0.1) is 11.9 Å². The molecule has 5 heteroatoms. The number of nitrogens with zero attached hydrogens (tertiary/aromatic N) is 3. The number of carbonyl (C=O) groups excluding carboxylic acids is 1. The lowest BCUT2D eigenvalue weighted by Crippen LogP contribution is -1.93. The summed E-state index contributed by atoms with van der Waals surface area (Å²) < 4.78 is 2.02. The molecule has 0 radical (unpaired) electrons. The van der Waals surface area contributed by atoms with Crippen LogP contribution in [-0.2, 0) is 0 Å². The van der Waals surface area contributed by atoms with E-state index >= 15 is 0 Å². The molecule has 0 amide bonds. The molecular weight excluding hydrogens is 270 g/mol. The van der Waals surface area contributed by atoms with Gasteiger partial charge in [0.1, 0.15) is 5.03 Å². The van der Waals surface area contributed by atoms with Crippen LogP contribution in [0.5, 0.6) is 0 Å². The van der Waals surface area contributed by atoms with Gasteiger partial charge >= 0.3 is 0 Å². The average molecular weight is 283 g/mol. The predicted molar refractivity (Wildman–Crippen MR) is 80.2 cm³/mol. The molecular formula is C15H13N3OS. The van der Waals surface area contributed by atoms with Crippen LogP contribution >= 0.6 is 11.8 Å². The molecule has 100 valence electrons. The lowest BCUT2D eigenvalue weighted by Gasteiger charge is -2.04. The van der Waals surface area contributed by atoms with Crippen molar-refractivity contribution in [2.75, 3.05) is 6.26 Å². The van der Waals surface area contributed by atoms with Crippen LogP contribution in [0.15, 0.2) is 47.9 Å². The van der Waals surface area contributed by atoms with Gasteiger partial charge in [-0.05, 0) is 13.2 Å². The summed E-state index contributed by atoms with van der Waals surface area (Å²) in [6, 6.07) is 7.57. The minimum Gasteiger partial charge on any atom is -0.296 e. The number of carbonyl (C=O) groups is 1. The monoisotopic (exact) mass is 283 g/mol. The molecule has 0 bridgehead atoms. The number of Topliss-reactive ketones (excluding diaryl/α,β-unsaturated/α-hetero) is 1. The van der Waals surface area contributed by atoms with Crippen LogP contribution < -0.4 is 0 Å². The van der Waals surface area contributed by atoms with E-state index in [1.54, 1.807) is 24.9 Å². The number of thioether (sulfide) groups is 1. The molecule has 0 saturated heterocycles. The predicted octanol–water partition coefficient (Wildman–Crippen LogP) is 3.32. The normalized spacial score (nSPS) is 10.9. The van der Waals surface area contributed by atoms with Crippen molar-refractivity contribution in [1.82, 2.24) is 14.4 Å². The number of hydrogen-bond acceptors (Lipinski definition) is 4. The topological polar surface area (TPSA) is 47.3 Å². The molecule has 2 heterocycles. The number of aromatic nitrogens is 3. The molecule has 2 aromatic heterocycles. The Labute approximate surface area is 120 Å². The number of hydrogen-bond donors (Lipinski definition) is 0. The molecule has 20 heavy (non-hydrogen) atoms. The van der Waals surface area contributed by atoms with Gasteiger partial charge in [0, 0.05) is 23.5 Å². The molecule has 1 aromatic carbocycles. The van der Waals surface area contributed by atoms with Crippen molar-refractivity contribution in [2.45, 2.75) is 11.9 Å². The summed E-state index contributed by atoms with van der Waals surface area (Å²) in [7, 11) is 0. The first kappa shape index (κ1) is 12.9. The molecule has 3 rings (SSSR count). The van der Waals surface area contributed by atoms with Gasteiger partial charge in [-0.25, -0.2) is 9.97 Å². The fraction of sp³-hybridized carbons (Fsp3) is 0.133. The molecule has 0 aliphatic heterocycles. The fourth-order valence-electron chi connectivity index (χ4n) is 2.13. The Morgan fingerprint density at radius 2 is 1.95 bits per heavy atom. The van der Waals surface area contributed by atoms with Crippen LogP contribution in [0.25, 0.3) is 16.9 Å². The van der Waals surface area contributed by atoms with Crippen molar-refractivity contribution < 1.29 is 4.79 Å². The van der Waals surface area contributed by atoms with E-state index < -0.39 is 0 Å². The second-order valence-electron chi connectivity index (χ2n) is 4.41. The van der Waals surface area contributed by atoms with E-state index in [0.717, 1.165) is 21.9 Å². The van der Waals surface area contributed by atoms with Gasteiger partial charge in [-0.3, -0.25) is 9.20 Å². The van der Waals surface area contributed by atoms with E-state index in [-0.39, 0.29) is 5.78 Å². The van der Waals surface area contributed by atoms with E-state index in [2.05, 4.69) is 9.97 Å². The Balaban J connectivity index is 2.12. The first-order valence-corrected chi connectivity index (χ1v) is 7.40. The van der Waals surface area contributed by atoms with E-state index in [4.69, 9.17) is 0 Å². The molecule has 0 N–H and O–H groups in total. The Morgan fingerprint density at radius 3 is 2.60 bits per heavy atom. The van der Waals surface area contributed by atoms with Crippen LogP contribution in [0.1, 0.15) is 17.3 Å². The second kappa shape index (κ2) is 5.09. The summed E-state index contributed by atoms with van der Waals surface area (Å²) in [4.78, 5) is 20.1. The number of ketones is 1. The summed E-state index contributed by atoms with van der Waals surface area (Å²) in [6.07, 6.45) is 7.49. The van der Waals surface area contributed by atoms with Gasteiger partial charge in [-0.15, -0.1) is 11.8 Å². The molecule has 0 fully saturated rings. The first-order chi connectivity index (χ1) is 9.70. The summed E-state index contributed by atoms with van der Waals surface area (Å²) in [5, 5.41) is 0.902. The summed E-state index contributed by atoms with van der Waals surface area (Å²) >= 11 is 1.57. The number of benzene rings is 1. The SMILES string of the molecule is CSc1nccn2c(-c3ccc(C(C)=O)cc3)cnc12. The van der Waals surface area contributed by atoms with Crippen molar-refractivity contribution >= 4 is 23.2 Å². The molecule has 4 nitrogen and oxygen atoms in total. The third kappa shape index (κ3) is 2.10. The maximum absolute atomic E-state index is 11.3. The van der Waals surface area contributed by atoms with Crippen LogP contribution in [0.3, 0.4) is 0 Å². The highest BCUT2D eigenvalue weighted by atomic mass is 32.2. The molecule has 0 saturated carbocycles. The Bertz CT molecular complexity index is 777. The van der Waals surface area contributed by atoms with Gasteiger partial charge in [0.2, 0.25) is 0 Å². The highest BCUT2D eigenvalue weighted by Gasteiger charge is 2.09. The maximum atomic E-state index is 11.3. The van der Waals surface area contributed by atoms with Crippen molar-refractivity contribution in [1.29, 1.82) is 0 Å². The van der Waals surface area contributed by atoms with Crippen molar-refractivity contribution in [3.63, 3.8) is 0 Å². The minimum absolute atomic E-state index is 0.0727. The maximum Gasteiger partial charge on any atom is 0.170 e. The third-order valence-electron chi connectivity index (χ3n) is 3.18. The van der Waals surface area contributed by atoms with Crippen molar-refractivity contribution in [2.24, 2.45) is 0 Å². The lowest BCUT2D eigenvalue weighted by atomic mass is 10.1. The Kier molecular flexibility index (Phi) is 3.28. The molecule has 0 atom stereocenters. The Hall–Kier alpha value is -2.14. The second-order valence-corrected chi connectivity index (χ2v) is 5.20. The van der Waals surface area contributed by atoms with E-state index in [1.165, 1.54) is 0 Å². The summed E-state index contributed by atoms with van der Waals surface area (Å²) in [5.74, 6) is 0.0727. The molecule has 0 aliphatic carbocycles. The number of fused-ring (bicyclic) bond motifs is 1. The van der Waals surface area contributed by atoms with E-state index in [9.17, 15) is 4.79 Å². The van der Waals surface area contributed by atoms with Crippen molar-refractivity contribution in [3.05, 3.63) is 48.4 Å². The van der Waals surface area contributed by atoms with E-state index in [1.807, 2.05) is 47.3 Å². The molecule has 0 unspecified atom stereocenters. The highest BCUT2D eigenvalue weighted by Crippen LogP contribution is 2.25. The van der Waals surface area contributed by atoms with Gasteiger partial charge in [0.15, 0.2) is 11.4 Å². The smallest absolute Gasteiger partial charge is 0.170 e. The third-order valence-corrected chi connectivity index (χ3v) is 3.85. The zero-order chi connectivity index (χ0) is 14.1. The standard InChI is InChI=1S/C15H13N3OS/c1-10(19)11-3-5-12(6-4-11)13-9-17-14-15(20-2)16-7-8-18(13)14/h3-9H,1-2H3. The fourth-order valence-corrected chi connectivity index (χ4v) is 2.63. The van der Waals surface area contributed by atoms with Gasteiger partial charge in [-0.2, -0.15) is 0 Å².